The third-order valence-electron chi connectivity index (χ3n) is 5.91. The Labute approximate surface area is 156 Å². The largest absolute Gasteiger partial charge is 0.293 e. The number of nitrogens with zero attached hydrogens (tertiary/aromatic N) is 4. The van der Waals surface area contributed by atoms with Crippen LogP contribution in [-0.4, -0.2) is 20.7 Å². The number of carbonyl (C=O) groups is 1. The Balaban J connectivity index is 1.93. The Bertz CT molecular complexity index is 997. The highest BCUT2D eigenvalue weighted by atomic mass is 32.1. The summed E-state index contributed by atoms with van der Waals surface area (Å²) in [7, 11) is 0. The van der Waals surface area contributed by atoms with E-state index in [4.69, 9.17) is 4.98 Å². The standard InChI is InChI=1S/C20H20N4OS/c1-11-23-14(10-26-11)18-22-9-12-5-6-15-19(2,3)17(25)13(8-21)7-20(15,4)16(12)24-18/h7,9-10,15H,5-6H2,1-4H3. The van der Waals surface area contributed by atoms with Crippen LogP contribution in [0.3, 0.4) is 0 Å². The quantitative estimate of drug-likeness (QED) is 0.769. The summed E-state index contributed by atoms with van der Waals surface area (Å²) in [5, 5.41) is 12.4. The summed E-state index contributed by atoms with van der Waals surface area (Å²) in [6, 6.07) is 2.11. The lowest BCUT2D eigenvalue weighted by Crippen LogP contribution is -2.51. The molecule has 2 aliphatic rings. The monoisotopic (exact) mass is 364 g/mol. The molecule has 2 heterocycles. The first-order valence-corrected chi connectivity index (χ1v) is 9.62. The molecule has 2 aliphatic carbocycles. The van der Waals surface area contributed by atoms with E-state index >= 15 is 0 Å². The van der Waals surface area contributed by atoms with E-state index in [9.17, 15) is 10.1 Å². The maximum Gasteiger partial charge on any atom is 0.179 e. The minimum atomic E-state index is -0.589. The molecule has 0 saturated carbocycles. The van der Waals surface area contributed by atoms with Crippen LogP contribution in [-0.2, 0) is 16.6 Å². The molecule has 0 aliphatic heterocycles. The number of hydrogen-bond donors (Lipinski definition) is 0. The zero-order chi connectivity index (χ0) is 18.7. The van der Waals surface area contributed by atoms with Gasteiger partial charge in [0.2, 0.25) is 0 Å². The topological polar surface area (TPSA) is 79.5 Å². The zero-order valence-electron chi connectivity index (χ0n) is 15.3. The predicted octanol–water partition coefficient (Wildman–Crippen LogP) is 3.79. The lowest BCUT2D eigenvalue weighted by atomic mass is 9.52. The summed E-state index contributed by atoms with van der Waals surface area (Å²) >= 11 is 1.57. The number of thiazole rings is 1. The number of carbonyl (C=O) groups excluding carboxylic acids is 1. The van der Waals surface area contributed by atoms with E-state index in [0.717, 1.165) is 34.8 Å². The molecule has 26 heavy (non-hydrogen) atoms. The van der Waals surface area contributed by atoms with Crippen molar-refractivity contribution < 1.29 is 4.79 Å². The summed E-state index contributed by atoms with van der Waals surface area (Å²) in [5.41, 5.74) is 1.99. The van der Waals surface area contributed by atoms with Gasteiger partial charge < -0.3 is 0 Å². The molecule has 0 saturated heterocycles. The maximum atomic E-state index is 12.7. The SMILES string of the molecule is Cc1nc(-c2ncc3c(n2)C2(C)C=C(C#N)C(=O)C(C)(C)C2CC3)cs1. The average Bonchev–Trinajstić information content (AvgIpc) is 3.04. The second-order valence-electron chi connectivity index (χ2n) is 7.91. The van der Waals surface area contributed by atoms with Crippen molar-refractivity contribution in [3.8, 4) is 17.6 Å². The van der Waals surface area contributed by atoms with Gasteiger partial charge >= 0.3 is 0 Å². The first kappa shape index (κ1) is 17.0. The summed E-state index contributed by atoms with van der Waals surface area (Å²) in [4.78, 5) is 26.6. The van der Waals surface area contributed by atoms with Crippen molar-refractivity contribution in [2.75, 3.05) is 0 Å². The number of rotatable bonds is 1. The van der Waals surface area contributed by atoms with Crippen LogP contribution in [0.25, 0.3) is 11.5 Å². The van der Waals surface area contributed by atoms with E-state index in [1.54, 1.807) is 11.3 Å². The molecule has 2 aromatic rings. The molecule has 6 heteroatoms. The van der Waals surface area contributed by atoms with E-state index in [0.29, 0.717) is 5.82 Å². The fraction of sp³-hybridized carbons (Fsp3) is 0.450. The number of aryl methyl sites for hydroxylation is 2. The van der Waals surface area contributed by atoms with Gasteiger partial charge in [-0.2, -0.15) is 5.26 Å². The van der Waals surface area contributed by atoms with Gasteiger partial charge in [-0.1, -0.05) is 26.8 Å². The molecule has 2 atom stereocenters. The van der Waals surface area contributed by atoms with Crippen LogP contribution in [0.2, 0.25) is 0 Å². The van der Waals surface area contributed by atoms with Crippen LogP contribution in [0, 0.1) is 29.6 Å². The average molecular weight is 364 g/mol. The minimum Gasteiger partial charge on any atom is -0.293 e. The van der Waals surface area contributed by atoms with Gasteiger partial charge in [0.15, 0.2) is 11.6 Å². The lowest BCUT2D eigenvalue weighted by Gasteiger charge is -2.50. The van der Waals surface area contributed by atoms with Crippen molar-refractivity contribution in [3.63, 3.8) is 0 Å². The van der Waals surface area contributed by atoms with Gasteiger partial charge in [-0.05, 0) is 31.2 Å². The van der Waals surface area contributed by atoms with Crippen molar-refractivity contribution in [1.82, 2.24) is 15.0 Å². The fourth-order valence-corrected chi connectivity index (χ4v) is 5.23. The van der Waals surface area contributed by atoms with Crippen LogP contribution in [0.1, 0.15) is 43.5 Å². The van der Waals surface area contributed by atoms with E-state index in [-0.39, 0.29) is 17.3 Å². The van der Waals surface area contributed by atoms with Crippen LogP contribution in [0.5, 0.6) is 0 Å². The van der Waals surface area contributed by atoms with E-state index in [1.807, 2.05) is 38.4 Å². The molecule has 0 bridgehead atoms. The van der Waals surface area contributed by atoms with Gasteiger partial charge in [-0.25, -0.2) is 15.0 Å². The normalized spacial score (nSPS) is 26.5. The van der Waals surface area contributed by atoms with Crippen molar-refractivity contribution in [2.24, 2.45) is 11.3 Å². The molecule has 5 nitrogen and oxygen atoms in total. The van der Waals surface area contributed by atoms with Crippen LogP contribution < -0.4 is 0 Å². The molecule has 0 fully saturated rings. The van der Waals surface area contributed by atoms with Gasteiger partial charge in [0, 0.05) is 22.4 Å². The molecule has 4 rings (SSSR count). The van der Waals surface area contributed by atoms with E-state index in [1.165, 1.54) is 0 Å². The van der Waals surface area contributed by atoms with Gasteiger partial charge in [-0.3, -0.25) is 4.79 Å². The number of hydrogen-bond acceptors (Lipinski definition) is 6. The van der Waals surface area contributed by atoms with Crippen molar-refractivity contribution in [1.29, 1.82) is 5.26 Å². The highest BCUT2D eigenvalue weighted by Crippen LogP contribution is 2.54. The third-order valence-corrected chi connectivity index (χ3v) is 6.69. The number of allylic oxidation sites excluding steroid dienone is 2. The molecular weight excluding hydrogens is 344 g/mol. The predicted molar refractivity (Wildman–Crippen MR) is 99.5 cm³/mol. The van der Waals surface area contributed by atoms with Gasteiger partial charge in [-0.15, -0.1) is 11.3 Å². The molecule has 0 N–H and O–H groups in total. The van der Waals surface area contributed by atoms with Gasteiger partial charge in [0.1, 0.15) is 11.8 Å². The molecule has 132 valence electrons. The smallest absolute Gasteiger partial charge is 0.179 e. The van der Waals surface area contributed by atoms with Crippen molar-refractivity contribution in [2.45, 2.75) is 46.0 Å². The highest BCUT2D eigenvalue weighted by molar-refractivity contribution is 7.09. The maximum absolute atomic E-state index is 12.7. The summed E-state index contributed by atoms with van der Waals surface area (Å²) in [5.74, 6) is 0.652. The molecule has 2 unspecified atom stereocenters. The Kier molecular flexibility index (Phi) is 3.64. The minimum absolute atomic E-state index is 0.0599. The summed E-state index contributed by atoms with van der Waals surface area (Å²) in [6.45, 7) is 7.98. The Hall–Kier alpha value is -2.39. The van der Waals surface area contributed by atoms with Crippen molar-refractivity contribution in [3.05, 3.63) is 39.5 Å². The van der Waals surface area contributed by atoms with Crippen LogP contribution in [0.15, 0.2) is 23.2 Å². The van der Waals surface area contributed by atoms with Crippen molar-refractivity contribution >= 4 is 17.1 Å². The zero-order valence-corrected chi connectivity index (χ0v) is 16.1. The first-order chi connectivity index (χ1) is 12.3. The Morgan fingerprint density at radius 2 is 2.08 bits per heavy atom. The number of ketones is 1. The van der Waals surface area contributed by atoms with Crippen LogP contribution in [0.4, 0.5) is 0 Å². The molecule has 0 radical (unpaired) electrons. The second-order valence-corrected chi connectivity index (χ2v) is 8.98. The summed E-state index contributed by atoms with van der Waals surface area (Å²) < 4.78 is 0. The molecule has 0 aromatic carbocycles. The lowest BCUT2D eigenvalue weighted by molar-refractivity contribution is -0.128. The highest BCUT2D eigenvalue weighted by Gasteiger charge is 2.54. The third kappa shape index (κ3) is 2.27. The fourth-order valence-electron chi connectivity index (χ4n) is 4.64. The Morgan fingerprint density at radius 3 is 2.73 bits per heavy atom. The second kappa shape index (κ2) is 5.55. The molecular formula is C20H20N4OS. The Morgan fingerprint density at radius 1 is 1.31 bits per heavy atom. The first-order valence-electron chi connectivity index (χ1n) is 8.74. The number of Topliss-reactive ketones (excluding diaryl/α,β-unsaturated/α-hetero) is 1. The molecule has 0 spiro atoms. The van der Waals surface area contributed by atoms with Gasteiger partial charge in [0.05, 0.1) is 16.3 Å². The number of fused-ring (bicyclic) bond motifs is 3. The molecule has 0 amide bonds. The number of nitriles is 1. The molecule has 2 aromatic heterocycles. The number of aromatic nitrogens is 3. The van der Waals surface area contributed by atoms with E-state index < -0.39 is 10.8 Å². The van der Waals surface area contributed by atoms with Gasteiger partial charge in [0.25, 0.3) is 0 Å². The summed E-state index contributed by atoms with van der Waals surface area (Å²) in [6.07, 6.45) is 5.46. The van der Waals surface area contributed by atoms with Crippen LogP contribution >= 0.6 is 11.3 Å². The van der Waals surface area contributed by atoms with E-state index in [2.05, 4.69) is 23.0 Å².